The van der Waals surface area contributed by atoms with E-state index in [-0.39, 0.29) is 34.6 Å². The molecule has 2 saturated carbocycles. The summed E-state index contributed by atoms with van der Waals surface area (Å²) in [7, 11) is 1.55. The zero-order chi connectivity index (χ0) is 18.7. The highest BCUT2D eigenvalue weighted by atomic mass is 16.5. The minimum Gasteiger partial charge on any atom is -0.504 e. The maximum atomic E-state index is 11.9. The molecule has 0 aromatic heterocycles. The molecule has 26 heavy (non-hydrogen) atoms. The number of aromatic hydroxyl groups is 1. The Morgan fingerprint density at radius 1 is 1.38 bits per heavy atom. The van der Waals surface area contributed by atoms with Gasteiger partial charge in [-0.3, -0.25) is 4.79 Å². The number of ether oxygens (including phenoxy) is 2. The molecule has 2 N–H and O–H groups in total. The van der Waals surface area contributed by atoms with Crippen molar-refractivity contribution in [2.75, 3.05) is 13.7 Å². The van der Waals surface area contributed by atoms with Crippen LogP contribution in [0.2, 0.25) is 0 Å². The van der Waals surface area contributed by atoms with E-state index >= 15 is 0 Å². The molecule has 1 aromatic carbocycles. The number of rotatable bonds is 3. The molecule has 1 saturated heterocycles. The van der Waals surface area contributed by atoms with E-state index in [1.807, 2.05) is 6.07 Å². The molecule has 1 aromatic rings. The molecule has 1 heterocycles. The number of phenolic OH excluding ortho intramolecular Hbond substituents is 1. The van der Waals surface area contributed by atoms with Crippen LogP contribution in [0, 0.1) is 22.7 Å². The van der Waals surface area contributed by atoms with Crippen molar-refractivity contribution in [1.29, 1.82) is 0 Å². The number of amides is 1. The van der Waals surface area contributed by atoms with Crippen LogP contribution in [-0.2, 0) is 9.53 Å². The van der Waals surface area contributed by atoms with Gasteiger partial charge >= 0.3 is 0 Å². The molecule has 5 atom stereocenters. The Bertz CT molecular complexity index is 731. The largest absolute Gasteiger partial charge is 0.504 e. The van der Waals surface area contributed by atoms with E-state index in [1.54, 1.807) is 26.2 Å². The molecule has 1 amide bonds. The first-order valence-electron chi connectivity index (χ1n) is 9.55. The van der Waals surface area contributed by atoms with Crippen molar-refractivity contribution in [2.45, 2.75) is 52.2 Å². The number of fused-ring (bicyclic) bond motifs is 1. The van der Waals surface area contributed by atoms with E-state index in [9.17, 15) is 9.90 Å². The van der Waals surface area contributed by atoms with Gasteiger partial charge in [0.1, 0.15) is 0 Å². The number of benzene rings is 1. The molecular weight excluding hydrogens is 330 g/mol. The highest BCUT2D eigenvalue weighted by molar-refractivity contribution is 5.73. The van der Waals surface area contributed by atoms with Gasteiger partial charge in [-0.1, -0.05) is 19.9 Å². The molecule has 142 valence electrons. The summed E-state index contributed by atoms with van der Waals surface area (Å²) in [5, 5.41) is 13.5. The minimum atomic E-state index is -0.0436. The summed E-state index contributed by atoms with van der Waals surface area (Å²) < 4.78 is 11.4. The summed E-state index contributed by atoms with van der Waals surface area (Å²) in [5.74, 6) is 1.62. The van der Waals surface area contributed by atoms with Crippen LogP contribution in [0.15, 0.2) is 18.2 Å². The van der Waals surface area contributed by atoms with Gasteiger partial charge in [-0.15, -0.1) is 0 Å². The highest BCUT2D eigenvalue weighted by Gasteiger charge is 2.68. The van der Waals surface area contributed by atoms with Gasteiger partial charge < -0.3 is 19.9 Å². The van der Waals surface area contributed by atoms with Gasteiger partial charge in [0.25, 0.3) is 0 Å². The molecule has 1 spiro atoms. The monoisotopic (exact) mass is 359 g/mol. The fourth-order valence-electron chi connectivity index (χ4n) is 6.20. The number of hydrogen-bond donors (Lipinski definition) is 2. The average Bonchev–Trinajstić information content (AvgIpc) is 3.07. The van der Waals surface area contributed by atoms with Crippen LogP contribution in [0.3, 0.4) is 0 Å². The van der Waals surface area contributed by atoms with Crippen LogP contribution in [0.25, 0.3) is 0 Å². The third-order valence-electron chi connectivity index (χ3n) is 7.38. The number of hydrogen-bond acceptors (Lipinski definition) is 4. The average molecular weight is 359 g/mol. The lowest BCUT2D eigenvalue weighted by Crippen LogP contribution is -2.58. The second-order valence-electron chi connectivity index (χ2n) is 8.90. The lowest BCUT2D eigenvalue weighted by atomic mass is 9.59. The molecule has 3 fully saturated rings. The van der Waals surface area contributed by atoms with Crippen molar-refractivity contribution < 1.29 is 19.4 Å². The summed E-state index contributed by atoms with van der Waals surface area (Å²) in [6.07, 6.45) is 3.21. The Kier molecular flexibility index (Phi) is 3.99. The summed E-state index contributed by atoms with van der Waals surface area (Å²) in [5.41, 5.74) is 1.18. The Morgan fingerprint density at radius 3 is 2.81 bits per heavy atom. The number of phenols is 1. The minimum absolute atomic E-state index is 0.0436. The summed E-state index contributed by atoms with van der Waals surface area (Å²) >= 11 is 0. The second kappa shape index (κ2) is 5.88. The standard InChI is InChI=1S/C21H29NO4/c1-12(23)22-19-20(2,3)14-10-15-18(26-8-7-21(15,19)11-14)13-5-6-17(25-4)16(24)9-13/h5-6,9,14-15,18-19,24H,7-8,10-11H2,1-4H3,(H,22,23)/t14-,15-,18-,19-,21-/m1/s1. The summed E-state index contributed by atoms with van der Waals surface area (Å²) in [4.78, 5) is 11.9. The number of carbonyl (C=O) groups is 1. The van der Waals surface area contributed by atoms with E-state index < -0.39 is 0 Å². The Morgan fingerprint density at radius 2 is 2.15 bits per heavy atom. The van der Waals surface area contributed by atoms with Gasteiger partial charge in [0.05, 0.1) is 13.2 Å². The third-order valence-corrected chi connectivity index (χ3v) is 7.38. The molecule has 3 aliphatic rings. The predicted octanol–water partition coefficient (Wildman–Crippen LogP) is 3.42. The molecule has 2 aliphatic carbocycles. The van der Waals surface area contributed by atoms with E-state index in [1.165, 1.54) is 0 Å². The fourth-order valence-corrected chi connectivity index (χ4v) is 6.20. The van der Waals surface area contributed by atoms with Gasteiger partial charge in [0, 0.05) is 19.6 Å². The molecule has 4 rings (SSSR count). The highest BCUT2D eigenvalue weighted by Crippen LogP contribution is 2.70. The topological polar surface area (TPSA) is 67.8 Å². The van der Waals surface area contributed by atoms with Crippen molar-refractivity contribution in [3.05, 3.63) is 23.8 Å². The quantitative estimate of drug-likeness (QED) is 0.868. The Hall–Kier alpha value is -1.75. The lowest BCUT2D eigenvalue weighted by molar-refractivity contribution is -0.136. The third kappa shape index (κ3) is 2.36. The first kappa shape index (κ1) is 17.7. The molecular formula is C21H29NO4. The first-order chi connectivity index (χ1) is 12.3. The van der Waals surface area contributed by atoms with Gasteiger partial charge in [0.2, 0.25) is 5.91 Å². The fraction of sp³-hybridized carbons (Fsp3) is 0.667. The van der Waals surface area contributed by atoms with Crippen molar-refractivity contribution in [3.63, 3.8) is 0 Å². The van der Waals surface area contributed by atoms with Gasteiger partial charge in [-0.2, -0.15) is 0 Å². The summed E-state index contributed by atoms with van der Waals surface area (Å²) in [6, 6.07) is 5.74. The second-order valence-corrected chi connectivity index (χ2v) is 8.90. The Labute approximate surface area is 155 Å². The van der Waals surface area contributed by atoms with E-state index in [0.29, 0.717) is 24.2 Å². The predicted molar refractivity (Wildman–Crippen MR) is 98.0 cm³/mol. The van der Waals surface area contributed by atoms with Crippen LogP contribution in [0.5, 0.6) is 11.5 Å². The van der Waals surface area contributed by atoms with Crippen LogP contribution in [0.4, 0.5) is 0 Å². The van der Waals surface area contributed by atoms with E-state index in [2.05, 4.69) is 19.2 Å². The summed E-state index contributed by atoms with van der Waals surface area (Å²) in [6.45, 7) is 6.90. The molecule has 0 unspecified atom stereocenters. The van der Waals surface area contributed by atoms with Crippen molar-refractivity contribution in [3.8, 4) is 11.5 Å². The van der Waals surface area contributed by atoms with Crippen LogP contribution in [0.1, 0.15) is 51.7 Å². The van der Waals surface area contributed by atoms with E-state index in [0.717, 1.165) is 24.8 Å². The maximum absolute atomic E-state index is 11.9. The van der Waals surface area contributed by atoms with Crippen LogP contribution >= 0.6 is 0 Å². The van der Waals surface area contributed by atoms with E-state index in [4.69, 9.17) is 9.47 Å². The zero-order valence-electron chi connectivity index (χ0n) is 16.0. The SMILES string of the molecule is COc1ccc([C@H]2OCC[C@@]34C[C@@H](C[C@H]23)C(C)(C)[C@H]4NC(C)=O)cc1O. The molecule has 1 aliphatic heterocycles. The van der Waals surface area contributed by atoms with Gasteiger partial charge in [-0.05, 0) is 59.6 Å². The van der Waals surface area contributed by atoms with Gasteiger partial charge in [0.15, 0.2) is 11.5 Å². The normalized spacial score (nSPS) is 37.2. The smallest absolute Gasteiger partial charge is 0.217 e. The molecule has 5 nitrogen and oxygen atoms in total. The number of nitrogens with one attached hydrogen (secondary N) is 1. The molecule has 0 radical (unpaired) electrons. The van der Waals surface area contributed by atoms with Crippen molar-refractivity contribution >= 4 is 5.91 Å². The molecule has 2 bridgehead atoms. The van der Waals surface area contributed by atoms with Crippen molar-refractivity contribution in [1.82, 2.24) is 5.32 Å². The van der Waals surface area contributed by atoms with Crippen LogP contribution < -0.4 is 10.1 Å². The van der Waals surface area contributed by atoms with Gasteiger partial charge in [-0.25, -0.2) is 0 Å². The number of carbonyl (C=O) groups excluding carboxylic acids is 1. The lowest BCUT2D eigenvalue weighted by Gasteiger charge is -2.53. The number of methoxy groups -OCH3 is 1. The van der Waals surface area contributed by atoms with Crippen molar-refractivity contribution in [2.24, 2.45) is 22.7 Å². The first-order valence-corrected chi connectivity index (χ1v) is 9.55. The van der Waals surface area contributed by atoms with Crippen LogP contribution in [-0.4, -0.2) is 30.8 Å². The molecule has 5 heteroatoms. The Balaban J connectivity index is 1.70. The maximum Gasteiger partial charge on any atom is 0.217 e. The zero-order valence-corrected chi connectivity index (χ0v) is 16.0.